The first kappa shape index (κ1) is 10.7. The second-order valence-corrected chi connectivity index (χ2v) is 3.96. The third-order valence-electron chi connectivity index (χ3n) is 2.86. The SMILES string of the molecule is CC(=O)NC(C(=O)O)c1cccc2c1CC2. The number of amides is 1. The van der Waals surface area contributed by atoms with Gasteiger partial charge in [-0.2, -0.15) is 0 Å². The minimum absolute atomic E-state index is 0.329. The average molecular weight is 219 g/mol. The van der Waals surface area contributed by atoms with Gasteiger partial charge in [0.1, 0.15) is 0 Å². The highest BCUT2D eigenvalue weighted by Gasteiger charge is 2.27. The molecular weight excluding hydrogens is 206 g/mol. The Hall–Kier alpha value is -1.84. The van der Waals surface area contributed by atoms with E-state index in [1.807, 2.05) is 12.1 Å². The van der Waals surface area contributed by atoms with Crippen molar-refractivity contribution in [3.05, 3.63) is 34.9 Å². The number of aliphatic carboxylic acids is 1. The number of fused-ring (bicyclic) bond motifs is 1. The molecule has 0 saturated heterocycles. The highest BCUT2D eigenvalue weighted by molar-refractivity contribution is 5.83. The molecule has 84 valence electrons. The second-order valence-electron chi connectivity index (χ2n) is 3.96. The Morgan fingerprint density at radius 2 is 2.12 bits per heavy atom. The number of nitrogens with one attached hydrogen (secondary N) is 1. The molecule has 0 heterocycles. The molecule has 0 aliphatic heterocycles. The van der Waals surface area contributed by atoms with Crippen LogP contribution in [0.3, 0.4) is 0 Å². The molecule has 0 radical (unpaired) electrons. The molecule has 16 heavy (non-hydrogen) atoms. The number of carboxylic acids is 1. The fourth-order valence-corrected chi connectivity index (χ4v) is 2.02. The van der Waals surface area contributed by atoms with Crippen LogP contribution in [0.25, 0.3) is 0 Å². The van der Waals surface area contributed by atoms with E-state index in [-0.39, 0.29) is 5.91 Å². The van der Waals surface area contributed by atoms with Crippen LogP contribution in [0, 0.1) is 0 Å². The van der Waals surface area contributed by atoms with E-state index in [1.54, 1.807) is 6.07 Å². The van der Waals surface area contributed by atoms with Crippen LogP contribution in [-0.4, -0.2) is 17.0 Å². The molecule has 1 aromatic carbocycles. The Morgan fingerprint density at radius 3 is 2.62 bits per heavy atom. The molecule has 4 nitrogen and oxygen atoms in total. The summed E-state index contributed by atoms with van der Waals surface area (Å²) in [5.41, 5.74) is 2.98. The largest absolute Gasteiger partial charge is 0.479 e. The van der Waals surface area contributed by atoms with Gasteiger partial charge in [-0.3, -0.25) is 4.79 Å². The first-order valence-electron chi connectivity index (χ1n) is 5.20. The third-order valence-corrected chi connectivity index (χ3v) is 2.86. The number of carboxylic acid groups (broad SMARTS) is 1. The van der Waals surface area contributed by atoms with Gasteiger partial charge < -0.3 is 10.4 Å². The number of hydrogen-bond donors (Lipinski definition) is 2. The zero-order valence-corrected chi connectivity index (χ0v) is 8.99. The Morgan fingerprint density at radius 1 is 1.38 bits per heavy atom. The van der Waals surface area contributed by atoms with Crippen molar-refractivity contribution in [1.82, 2.24) is 5.32 Å². The summed E-state index contributed by atoms with van der Waals surface area (Å²) in [6.07, 6.45) is 1.89. The van der Waals surface area contributed by atoms with Crippen molar-refractivity contribution >= 4 is 11.9 Å². The smallest absolute Gasteiger partial charge is 0.330 e. The van der Waals surface area contributed by atoms with E-state index in [0.29, 0.717) is 5.56 Å². The van der Waals surface area contributed by atoms with Gasteiger partial charge in [0.2, 0.25) is 5.91 Å². The maximum Gasteiger partial charge on any atom is 0.330 e. The molecule has 0 bridgehead atoms. The second kappa shape index (κ2) is 3.96. The lowest BCUT2D eigenvalue weighted by atomic mass is 9.82. The minimum Gasteiger partial charge on any atom is -0.479 e. The quantitative estimate of drug-likeness (QED) is 0.798. The Labute approximate surface area is 93.3 Å². The van der Waals surface area contributed by atoms with Crippen LogP contribution in [0.2, 0.25) is 0 Å². The van der Waals surface area contributed by atoms with Crippen LogP contribution < -0.4 is 5.32 Å². The average Bonchev–Trinajstić information content (AvgIpc) is 2.15. The maximum atomic E-state index is 11.1. The first-order chi connectivity index (χ1) is 7.59. The van der Waals surface area contributed by atoms with Gasteiger partial charge in [-0.15, -0.1) is 0 Å². The summed E-state index contributed by atoms with van der Waals surface area (Å²) in [7, 11) is 0. The summed E-state index contributed by atoms with van der Waals surface area (Å²) in [6.45, 7) is 1.32. The third kappa shape index (κ3) is 1.78. The zero-order chi connectivity index (χ0) is 11.7. The normalized spacial score (nSPS) is 14.6. The molecule has 1 aliphatic rings. The lowest BCUT2D eigenvalue weighted by Gasteiger charge is -2.25. The molecule has 1 atom stereocenters. The van der Waals surface area contributed by atoms with Crippen molar-refractivity contribution in [1.29, 1.82) is 0 Å². The van der Waals surface area contributed by atoms with E-state index in [9.17, 15) is 9.59 Å². The number of hydrogen-bond acceptors (Lipinski definition) is 2. The molecule has 2 rings (SSSR count). The monoisotopic (exact) mass is 219 g/mol. The summed E-state index contributed by atoms with van der Waals surface area (Å²) < 4.78 is 0. The molecule has 1 amide bonds. The highest BCUT2D eigenvalue weighted by Crippen LogP contribution is 2.30. The topological polar surface area (TPSA) is 66.4 Å². The Balaban J connectivity index is 2.35. The molecule has 1 aliphatic carbocycles. The van der Waals surface area contributed by atoms with Crippen LogP contribution in [0.1, 0.15) is 29.7 Å². The molecule has 0 aromatic heterocycles. The van der Waals surface area contributed by atoms with E-state index in [4.69, 9.17) is 5.11 Å². The van der Waals surface area contributed by atoms with Crippen LogP contribution in [-0.2, 0) is 22.4 Å². The molecular formula is C12H13NO3. The zero-order valence-electron chi connectivity index (χ0n) is 8.99. The summed E-state index contributed by atoms with van der Waals surface area (Å²) in [4.78, 5) is 22.1. The molecule has 0 spiro atoms. The fourth-order valence-electron chi connectivity index (χ4n) is 2.02. The van der Waals surface area contributed by atoms with Gasteiger partial charge >= 0.3 is 5.97 Å². The van der Waals surface area contributed by atoms with Gasteiger partial charge in [0, 0.05) is 6.92 Å². The van der Waals surface area contributed by atoms with Crippen molar-refractivity contribution in [2.24, 2.45) is 0 Å². The molecule has 1 unspecified atom stereocenters. The van der Waals surface area contributed by atoms with Gasteiger partial charge in [-0.25, -0.2) is 4.79 Å². The molecule has 1 aromatic rings. The van der Waals surface area contributed by atoms with Crippen molar-refractivity contribution in [3.63, 3.8) is 0 Å². The maximum absolute atomic E-state index is 11.1. The van der Waals surface area contributed by atoms with E-state index < -0.39 is 12.0 Å². The summed E-state index contributed by atoms with van der Waals surface area (Å²) in [6, 6.07) is 4.68. The predicted octanol–water partition coefficient (Wildman–Crippen LogP) is 1.05. The van der Waals surface area contributed by atoms with Gasteiger partial charge in [0.25, 0.3) is 0 Å². The lowest BCUT2D eigenvalue weighted by Crippen LogP contribution is -2.33. The summed E-state index contributed by atoms with van der Waals surface area (Å²) >= 11 is 0. The number of rotatable bonds is 3. The van der Waals surface area contributed by atoms with Crippen molar-refractivity contribution in [2.75, 3.05) is 0 Å². The summed E-state index contributed by atoms with van der Waals surface area (Å²) in [5.74, 6) is -1.35. The van der Waals surface area contributed by atoms with Crippen molar-refractivity contribution in [2.45, 2.75) is 25.8 Å². The van der Waals surface area contributed by atoms with Crippen molar-refractivity contribution in [3.8, 4) is 0 Å². The number of carbonyl (C=O) groups is 2. The van der Waals surface area contributed by atoms with Gasteiger partial charge in [0.05, 0.1) is 0 Å². The Kier molecular flexibility index (Phi) is 2.64. The van der Waals surface area contributed by atoms with Crippen LogP contribution in [0.15, 0.2) is 18.2 Å². The highest BCUT2D eigenvalue weighted by atomic mass is 16.4. The van der Waals surface area contributed by atoms with E-state index in [1.165, 1.54) is 12.5 Å². The molecule has 0 fully saturated rings. The van der Waals surface area contributed by atoms with Crippen LogP contribution >= 0.6 is 0 Å². The number of carbonyl (C=O) groups excluding carboxylic acids is 1. The molecule has 4 heteroatoms. The minimum atomic E-state index is -1.02. The first-order valence-corrected chi connectivity index (χ1v) is 5.20. The number of aryl methyl sites for hydroxylation is 1. The van der Waals surface area contributed by atoms with E-state index >= 15 is 0 Å². The molecule has 0 saturated carbocycles. The fraction of sp³-hybridized carbons (Fsp3) is 0.333. The van der Waals surface area contributed by atoms with E-state index in [0.717, 1.165) is 18.4 Å². The van der Waals surface area contributed by atoms with Gasteiger partial charge in [0.15, 0.2) is 6.04 Å². The summed E-state index contributed by atoms with van der Waals surface area (Å²) in [5, 5.41) is 11.6. The van der Waals surface area contributed by atoms with Gasteiger partial charge in [-0.1, -0.05) is 18.2 Å². The van der Waals surface area contributed by atoms with Crippen LogP contribution in [0.4, 0.5) is 0 Å². The Bertz CT molecular complexity index is 454. The number of benzene rings is 1. The van der Waals surface area contributed by atoms with Crippen LogP contribution in [0.5, 0.6) is 0 Å². The van der Waals surface area contributed by atoms with Crippen molar-refractivity contribution < 1.29 is 14.7 Å². The molecule has 2 N–H and O–H groups in total. The van der Waals surface area contributed by atoms with Gasteiger partial charge in [-0.05, 0) is 29.5 Å². The predicted molar refractivity (Wildman–Crippen MR) is 58.0 cm³/mol. The standard InChI is InChI=1S/C12H13NO3/c1-7(14)13-11(12(15)16)10-4-2-3-8-5-6-9(8)10/h2-4,11H,5-6H2,1H3,(H,13,14)(H,15,16). The van der Waals surface area contributed by atoms with E-state index in [2.05, 4.69) is 5.32 Å². The lowest BCUT2D eigenvalue weighted by molar-refractivity contribution is -0.141.